The summed E-state index contributed by atoms with van der Waals surface area (Å²) in [5.41, 5.74) is 0.463. The van der Waals surface area contributed by atoms with Crippen LogP contribution < -0.4 is 0 Å². The number of carbonyl (C=O) groups is 1. The first kappa shape index (κ1) is 8.05. The van der Waals surface area contributed by atoms with Gasteiger partial charge in [-0.15, -0.1) is 0 Å². The summed E-state index contributed by atoms with van der Waals surface area (Å²) in [5, 5.41) is 0. The normalized spacial score (nSPS) is 21.7. The highest BCUT2D eigenvalue weighted by Gasteiger charge is 2.13. The van der Waals surface area contributed by atoms with Gasteiger partial charge in [0.2, 0.25) is 0 Å². The van der Waals surface area contributed by atoms with Crippen LogP contribution in [0.5, 0.6) is 0 Å². The molecule has 0 N–H and O–H groups in total. The van der Waals surface area contributed by atoms with E-state index in [-0.39, 0.29) is 12.1 Å². The molecule has 0 fully saturated rings. The molecule has 1 unspecified atom stereocenters. The molecule has 0 saturated carbocycles. The van der Waals surface area contributed by atoms with Crippen molar-refractivity contribution in [2.45, 2.75) is 25.9 Å². The Labute approximate surface area is 66.5 Å². The van der Waals surface area contributed by atoms with Crippen molar-refractivity contribution in [1.29, 1.82) is 0 Å². The first-order valence-electron chi connectivity index (χ1n) is 3.73. The fraction of sp³-hybridized carbons (Fsp3) is 0.444. The zero-order valence-corrected chi connectivity index (χ0v) is 6.67. The van der Waals surface area contributed by atoms with Crippen LogP contribution in [-0.2, 0) is 9.53 Å². The first-order valence-corrected chi connectivity index (χ1v) is 3.73. The number of hydrogen-bond acceptors (Lipinski definition) is 2. The van der Waals surface area contributed by atoms with Gasteiger partial charge in [-0.1, -0.05) is 12.7 Å². The Hall–Kier alpha value is -1.05. The second-order valence-corrected chi connectivity index (χ2v) is 2.73. The number of carbonyl (C=O) groups excluding carboxylic acids is 1. The van der Waals surface area contributed by atoms with E-state index < -0.39 is 0 Å². The van der Waals surface area contributed by atoms with Gasteiger partial charge in [0, 0.05) is 5.57 Å². The average molecular weight is 152 g/mol. The van der Waals surface area contributed by atoms with E-state index in [0.717, 1.165) is 12.8 Å². The summed E-state index contributed by atoms with van der Waals surface area (Å²) in [5.74, 6) is -0.290. The fourth-order valence-corrected chi connectivity index (χ4v) is 0.941. The van der Waals surface area contributed by atoms with Crippen LogP contribution in [0.3, 0.4) is 0 Å². The molecule has 1 aliphatic rings. The maximum atomic E-state index is 10.9. The third kappa shape index (κ3) is 2.22. The summed E-state index contributed by atoms with van der Waals surface area (Å²) in [6.07, 6.45) is 5.85. The molecular formula is C9H12O2. The van der Waals surface area contributed by atoms with Crippen molar-refractivity contribution in [3.8, 4) is 0 Å². The second-order valence-electron chi connectivity index (χ2n) is 2.73. The summed E-state index contributed by atoms with van der Waals surface area (Å²) >= 11 is 0. The summed E-state index contributed by atoms with van der Waals surface area (Å²) in [7, 11) is 0. The highest BCUT2D eigenvalue weighted by atomic mass is 16.5. The van der Waals surface area contributed by atoms with Crippen LogP contribution in [0.15, 0.2) is 24.3 Å². The topological polar surface area (TPSA) is 26.3 Å². The van der Waals surface area contributed by atoms with E-state index in [9.17, 15) is 4.79 Å². The molecule has 0 spiro atoms. The number of hydrogen-bond donors (Lipinski definition) is 0. The molecule has 2 heteroatoms. The van der Waals surface area contributed by atoms with E-state index in [2.05, 4.69) is 6.58 Å². The van der Waals surface area contributed by atoms with Crippen molar-refractivity contribution in [1.82, 2.24) is 0 Å². The molecule has 0 amide bonds. The molecule has 2 nitrogen and oxygen atoms in total. The Kier molecular flexibility index (Phi) is 2.47. The van der Waals surface area contributed by atoms with Crippen LogP contribution in [-0.4, -0.2) is 12.1 Å². The van der Waals surface area contributed by atoms with Gasteiger partial charge in [0.25, 0.3) is 0 Å². The third-order valence-corrected chi connectivity index (χ3v) is 1.58. The minimum absolute atomic E-state index is 0.0146. The van der Waals surface area contributed by atoms with Gasteiger partial charge in [-0.2, -0.15) is 0 Å². The molecule has 0 saturated heterocycles. The van der Waals surface area contributed by atoms with Gasteiger partial charge in [-0.25, -0.2) is 4.79 Å². The van der Waals surface area contributed by atoms with Crippen LogP contribution in [0.2, 0.25) is 0 Å². The smallest absolute Gasteiger partial charge is 0.333 e. The van der Waals surface area contributed by atoms with Gasteiger partial charge in [-0.05, 0) is 25.8 Å². The van der Waals surface area contributed by atoms with Crippen LogP contribution in [0.25, 0.3) is 0 Å². The lowest BCUT2D eigenvalue weighted by molar-refractivity contribution is -0.142. The zero-order valence-electron chi connectivity index (χ0n) is 6.67. The predicted octanol–water partition coefficient (Wildman–Crippen LogP) is 1.82. The van der Waals surface area contributed by atoms with Gasteiger partial charge in [0.05, 0.1) is 0 Å². The number of ether oxygens (including phenoxy) is 1. The Morgan fingerprint density at radius 3 is 2.91 bits per heavy atom. The van der Waals surface area contributed by atoms with E-state index in [4.69, 9.17) is 4.74 Å². The van der Waals surface area contributed by atoms with Crippen molar-refractivity contribution in [3.63, 3.8) is 0 Å². The molecule has 1 atom stereocenters. The monoisotopic (exact) mass is 152 g/mol. The minimum atomic E-state index is -0.290. The average Bonchev–Trinajstić information content (AvgIpc) is 2.39. The SMILES string of the molecule is C=C(C)C(=O)OC1C=CCC1. The zero-order chi connectivity index (χ0) is 8.27. The lowest BCUT2D eigenvalue weighted by Gasteiger charge is -2.08. The fourth-order valence-electron chi connectivity index (χ4n) is 0.941. The molecule has 0 aliphatic heterocycles. The second kappa shape index (κ2) is 3.37. The van der Waals surface area contributed by atoms with Crippen LogP contribution in [0, 0.1) is 0 Å². The molecule has 1 aliphatic carbocycles. The quantitative estimate of drug-likeness (QED) is 0.343. The van der Waals surface area contributed by atoms with Gasteiger partial charge >= 0.3 is 5.97 Å². The first-order chi connectivity index (χ1) is 5.20. The third-order valence-electron chi connectivity index (χ3n) is 1.58. The summed E-state index contributed by atoms with van der Waals surface area (Å²) in [6, 6.07) is 0. The Balaban J connectivity index is 2.36. The number of rotatable bonds is 2. The van der Waals surface area contributed by atoms with E-state index in [1.165, 1.54) is 0 Å². The lowest BCUT2D eigenvalue weighted by atomic mass is 10.3. The molecular weight excluding hydrogens is 140 g/mol. The maximum Gasteiger partial charge on any atom is 0.333 e. The summed E-state index contributed by atoms with van der Waals surface area (Å²) in [4.78, 5) is 10.9. The highest BCUT2D eigenvalue weighted by Crippen LogP contribution is 2.13. The highest BCUT2D eigenvalue weighted by molar-refractivity contribution is 5.87. The van der Waals surface area contributed by atoms with Crippen LogP contribution in [0.1, 0.15) is 19.8 Å². The van der Waals surface area contributed by atoms with Crippen molar-refractivity contribution in [2.24, 2.45) is 0 Å². The predicted molar refractivity (Wildman–Crippen MR) is 43.1 cm³/mol. The van der Waals surface area contributed by atoms with E-state index in [0.29, 0.717) is 5.57 Å². The van der Waals surface area contributed by atoms with Crippen molar-refractivity contribution < 1.29 is 9.53 Å². The van der Waals surface area contributed by atoms with Gasteiger partial charge in [-0.3, -0.25) is 0 Å². The molecule has 0 aromatic carbocycles. The largest absolute Gasteiger partial charge is 0.455 e. The Morgan fingerprint density at radius 2 is 2.45 bits per heavy atom. The van der Waals surface area contributed by atoms with E-state index in [1.807, 2.05) is 12.2 Å². The molecule has 1 rings (SSSR count). The van der Waals surface area contributed by atoms with E-state index in [1.54, 1.807) is 6.92 Å². The van der Waals surface area contributed by atoms with Crippen molar-refractivity contribution in [2.75, 3.05) is 0 Å². The lowest BCUT2D eigenvalue weighted by Crippen LogP contribution is -2.13. The molecule has 0 aromatic rings. The van der Waals surface area contributed by atoms with Crippen molar-refractivity contribution >= 4 is 5.97 Å². The van der Waals surface area contributed by atoms with Gasteiger partial charge < -0.3 is 4.74 Å². The standard InChI is InChI=1S/C9H12O2/c1-7(2)9(10)11-8-5-3-4-6-8/h3,5,8H,1,4,6H2,2H3. The summed E-state index contributed by atoms with van der Waals surface area (Å²) in [6.45, 7) is 5.15. The van der Waals surface area contributed by atoms with Crippen LogP contribution in [0.4, 0.5) is 0 Å². The van der Waals surface area contributed by atoms with E-state index >= 15 is 0 Å². The molecule has 60 valence electrons. The Bertz CT molecular complexity index is 204. The minimum Gasteiger partial charge on any atom is -0.455 e. The molecule has 0 radical (unpaired) electrons. The maximum absolute atomic E-state index is 10.9. The molecule has 0 bridgehead atoms. The number of allylic oxidation sites excluding steroid dienone is 1. The molecule has 0 aromatic heterocycles. The van der Waals surface area contributed by atoms with Crippen LogP contribution >= 0.6 is 0 Å². The van der Waals surface area contributed by atoms with Gasteiger partial charge in [0.15, 0.2) is 0 Å². The number of esters is 1. The molecule has 11 heavy (non-hydrogen) atoms. The van der Waals surface area contributed by atoms with Crippen molar-refractivity contribution in [3.05, 3.63) is 24.3 Å². The summed E-state index contributed by atoms with van der Waals surface area (Å²) < 4.78 is 5.05. The Morgan fingerprint density at radius 1 is 1.73 bits per heavy atom. The molecule has 0 heterocycles. The van der Waals surface area contributed by atoms with Gasteiger partial charge in [0.1, 0.15) is 6.10 Å².